The zero-order valence-electron chi connectivity index (χ0n) is 11.5. The van der Waals surface area contributed by atoms with E-state index in [0.29, 0.717) is 6.04 Å². The number of nitrogens with one attached hydrogen (secondary N) is 1. The minimum Gasteiger partial charge on any atom is -0.351 e. The van der Waals surface area contributed by atoms with Crippen LogP contribution in [0.25, 0.3) is 0 Å². The molecular formula is C14H20N6. The van der Waals surface area contributed by atoms with Gasteiger partial charge in [0.25, 0.3) is 0 Å². The molecule has 0 amide bonds. The normalized spacial score (nSPS) is 18.6. The van der Waals surface area contributed by atoms with Gasteiger partial charge in [0.1, 0.15) is 0 Å². The Bertz CT molecular complexity index is 498. The molecule has 20 heavy (non-hydrogen) atoms. The molecule has 0 radical (unpaired) electrons. The summed E-state index contributed by atoms with van der Waals surface area (Å²) in [5, 5.41) is 15.9. The molecule has 3 heterocycles. The lowest BCUT2D eigenvalue weighted by molar-refractivity contribution is 0.518. The molecule has 0 bridgehead atoms. The summed E-state index contributed by atoms with van der Waals surface area (Å²) < 4.78 is 1.95. The van der Waals surface area contributed by atoms with E-state index in [1.165, 1.54) is 12.8 Å². The first-order chi connectivity index (χ1) is 9.93. The van der Waals surface area contributed by atoms with Gasteiger partial charge in [-0.25, -0.2) is 0 Å². The van der Waals surface area contributed by atoms with Crippen molar-refractivity contribution in [2.45, 2.75) is 25.4 Å². The number of hydrogen-bond donors (Lipinski definition) is 1. The molecule has 0 aromatic carbocycles. The van der Waals surface area contributed by atoms with E-state index >= 15 is 0 Å². The molecule has 0 saturated carbocycles. The highest BCUT2D eigenvalue weighted by Gasteiger charge is 2.25. The minimum atomic E-state index is 0.518. The zero-order chi connectivity index (χ0) is 13.6. The van der Waals surface area contributed by atoms with Gasteiger partial charge in [-0.2, -0.15) is 10.2 Å². The van der Waals surface area contributed by atoms with Crippen LogP contribution < -0.4 is 10.2 Å². The fourth-order valence-electron chi connectivity index (χ4n) is 2.69. The second kappa shape index (κ2) is 6.47. The Morgan fingerprint density at radius 3 is 3.10 bits per heavy atom. The highest BCUT2D eigenvalue weighted by molar-refractivity contribution is 5.39. The molecular weight excluding hydrogens is 252 g/mol. The zero-order valence-corrected chi connectivity index (χ0v) is 11.5. The second-order valence-electron chi connectivity index (χ2n) is 5.04. The molecule has 1 N–H and O–H groups in total. The van der Waals surface area contributed by atoms with Crippen LogP contribution in [0.2, 0.25) is 0 Å². The number of rotatable bonds is 6. The molecule has 106 valence electrons. The van der Waals surface area contributed by atoms with Crippen molar-refractivity contribution in [2.75, 3.05) is 24.5 Å². The second-order valence-corrected chi connectivity index (χ2v) is 5.04. The predicted octanol–water partition coefficient (Wildman–Crippen LogP) is 0.932. The molecule has 6 heteroatoms. The molecule has 1 aliphatic rings. The summed E-state index contributed by atoms with van der Waals surface area (Å²) in [6.45, 7) is 3.90. The molecule has 1 fully saturated rings. The summed E-state index contributed by atoms with van der Waals surface area (Å²) in [4.78, 5) is 2.36. The van der Waals surface area contributed by atoms with Crippen LogP contribution in [0, 0.1) is 0 Å². The van der Waals surface area contributed by atoms with Crippen molar-refractivity contribution >= 4 is 5.82 Å². The van der Waals surface area contributed by atoms with E-state index < -0.39 is 0 Å². The summed E-state index contributed by atoms with van der Waals surface area (Å²) in [5.74, 6) is 0.990. The van der Waals surface area contributed by atoms with E-state index in [1.807, 2.05) is 35.3 Å². The lowest BCUT2D eigenvalue weighted by atomic mass is 10.2. The Kier molecular flexibility index (Phi) is 4.22. The Labute approximate surface area is 118 Å². The van der Waals surface area contributed by atoms with Gasteiger partial charge in [-0.3, -0.25) is 4.68 Å². The van der Waals surface area contributed by atoms with Crippen LogP contribution in [0.5, 0.6) is 0 Å². The van der Waals surface area contributed by atoms with E-state index in [9.17, 15) is 0 Å². The van der Waals surface area contributed by atoms with Gasteiger partial charge in [0.2, 0.25) is 0 Å². The van der Waals surface area contributed by atoms with Crippen LogP contribution in [0.4, 0.5) is 5.82 Å². The molecule has 0 aliphatic carbocycles. The van der Waals surface area contributed by atoms with Crippen molar-refractivity contribution in [1.82, 2.24) is 25.3 Å². The monoisotopic (exact) mass is 272 g/mol. The summed E-state index contributed by atoms with van der Waals surface area (Å²) in [5.41, 5.74) is 0. The van der Waals surface area contributed by atoms with Gasteiger partial charge < -0.3 is 10.2 Å². The molecule has 2 aromatic heterocycles. The maximum absolute atomic E-state index is 4.21. The van der Waals surface area contributed by atoms with E-state index in [-0.39, 0.29) is 0 Å². The van der Waals surface area contributed by atoms with Crippen molar-refractivity contribution in [3.05, 3.63) is 36.8 Å². The molecule has 3 rings (SSSR count). The number of nitrogens with zero attached hydrogens (tertiary/aromatic N) is 5. The first kappa shape index (κ1) is 13.1. The Morgan fingerprint density at radius 2 is 2.30 bits per heavy atom. The fraction of sp³-hybridized carbons (Fsp3) is 0.500. The van der Waals surface area contributed by atoms with Crippen LogP contribution in [-0.4, -0.2) is 45.7 Å². The van der Waals surface area contributed by atoms with E-state index in [1.54, 1.807) is 6.20 Å². The molecule has 2 aromatic rings. The Balaban J connectivity index is 1.47. The highest BCUT2D eigenvalue weighted by Crippen LogP contribution is 2.22. The molecule has 6 nitrogen and oxygen atoms in total. The average molecular weight is 272 g/mol. The quantitative estimate of drug-likeness (QED) is 0.793. The minimum absolute atomic E-state index is 0.518. The van der Waals surface area contributed by atoms with Crippen molar-refractivity contribution < 1.29 is 0 Å². The van der Waals surface area contributed by atoms with Gasteiger partial charge in [-0.05, 0) is 31.0 Å². The van der Waals surface area contributed by atoms with Gasteiger partial charge in [-0.1, -0.05) is 0 Å². The largest absolute Gasteiger partial charge is 0.351 e. The van der Waals surface area contributed by atoms with Crippen molar-refractivity contribution in [3.63, 3.8) is 0 Å². The third-order valence-corrected chi connectivity index (χ3v) is 3.69. The topological polar surface area (TPSA) is 58.9 Å². The van der Waals surface area contributed by atoms with Crippen molar-refractivity contribution in [3.8, 4) is 0 Å². The van der Waals surface area contributed by atoms with Crippen molar-refractivity contribution in [2.24, 2.45) is 0 Å². The predicted molar refractivity (Wildman–Crippen MR) is 77.5 cm³/mol. The first-order valence-electron chi connectivity index (χ1n) is 7.16. The molecule has 1 saturated heterocycles. The maximum atomic E-state index is 4.21. The van der Waals surface area contributed by atoms with Crippen LogP contribution in [-0.2, 0) is 6.54 Å². The summed E-state index contributed by atoms with van der Waals surface area (Å²) in [6, 6.07) is 6.45. The number of aromatic nitrogens is 4. The van der Waals surface area contributed by atoms with Crippen molar-refractivity contribution in [1.29, 1.82) is 0 Å². The lowest BCUT2D eigenvalue weighted by Crippen LogP contribution is -2.39. The van der Waals surface area contributed by atoms with Crippen LogP contribution >= 0.6 is 0 Å². The number of hydrogen-bond acceptors (Lipinski definition) is 5. The average Bonchev–Trinajstić information content (AvgIpc) is 3.16. The van der Waals surface area contributed by atoms with E-state index in [2.05, 4.69) is 25.5 Å². The van der Waals surface area contributed by atoms with Gasteiger partial charge in [0.05, 0.1) is 6.54 Å². The lowest BCUT2D eigenvalue weighted by Gasteiger charge is -2.25. The SMILES string of the molecule is c1cnnc(N2CCCC2CNCCn2cccn2)c1. The van der Waals surface area contributed by atoms with Crippen LogP contribution in [0.3, 0.4) is 0 Å². The third-order valence-electron chi connectivity index (χ3n) is 3.69. The standard InChI is InChI=1S/C14H20N6/c1-5-14(18-16-6-1)20-10-2-4-13(20)12-15-8-11-19-9-3-7-17-19/h1,3,5-7,9,13,15H,2,4,8,10-12H2. The smallest absolute Gasteiger partial charge is 0.151 e. The molecule has 1 aliphatic heterocycles. The van der Waals surface area contributed by atoms with E-state index in [4.69, 9.17) is 0 Å². The summed E-state index contributed by atoms with van der Waals surface area (Å²) >= 11 is 0. The maximum Gasteiger partial charge on any atom is 0.151 e. The van der Waals surface area contributed by atoms with Gasteiger partial charge >= 0.3 is 0 Å². The highest BCUT2D eigenvalue weighted by atomic mass is 15.3. The van der Waals surface area contributed by atoms with Gasteiger partial charge in [0.15, 0.2) is 5.82 Å². The van der Waals surface area contributed by atoms with Crippen LogP contribution in [0.15, 0.2) is 36.8 Å². The third kappa shape index (κ3) is 3.14. The van der Waals surface area contributed by atoms with Crippen LogP contribution in [0.1, 0.15) is 12.8 Å². The summed E-state index contributed by atoms with van der Waals surface area (Å²) in [7, 11) is 0. The Morgan fingerprint density at radius 1 is 1.30 bits per heavy atom. The van der Waals surface area contributed by atoms with Gasteiger partial charge in [-0.15, -0.1) is 5.10 Å². The summed E-state index contributed by atoms with van der Waals surface area (Å²) in [6.07, 6.45) is 7.96. The van der Waals surface area contributed by atoms with Gasteiger partial charge in [0, 0.05) is 44.3 Å². The number of anilines is 1. The fourth-order valence-corrected chi connectivity index (χ4v) is 2.69. The molecule has 0 spiro atoms. The Hall–Kier alpha value is -1.95. The molecule has 1 atom stereocenters. The van der Waals surface area contributed by atoms with E-state index in [0.717, 1.165) is 32.0 Å². The molecule has 1 unspecified atom stereocenters. The first-order valence-corrected chi connectivity index (χ1v) is 7.16.